The molecule has 1 heterocycles. The summed E-state index contributed by atoms with van der Waals surface area (Å²) >= 11 is 3.57. The van der Waals surface area contributed by atoms with Crippen molar-refractivity contribution in [2.24, 2.45) is 0 Å². The van der Waals surface area contributed by atoms with E-state index >= 15 is 0 Å². The molecule has 1 N–H and O–H groups in total. The van der Waals surface area contributed by atoms with Crippen molar-refractivity contribution in [2.45, 2.75) is 27.3 Å². The number of nitrogens with one attached hydrogen (secondary N) is 1. The summed E-state index contributed by atoms with van der Waals surface area (Å²) in [4.78, 5) is 4.16. The number of aromatic nitrogens is 1. The van der Waals surface area contributed by atoms with Crippen molar-refractivity contribution in [3.63, 3.8) is 0 Å². The maximum absolute atomic E-state index is 6.02. The molecule has 1 aromatic carbocycles. The van der Waals surface area contributed by atoms with Crippen LogP contribution in [-0.2, 0) is 6.54 Å². The van der Waals surface area contributed by atoms with E-state index in [4.69, 9.17) is 4.74 Å². The van der Waals surface area contributed by atoms with Crippen LogP contribution in [0, 0.1) is 13.8 Å². The van der Waals surface area contributed by atoms with Gasteiger partial charge in [0.2, 0.25) is 0 Å². The Hall–Kier alpha value is -1.39. The van der Waals surface area contributed by atoms with E-state index in [0.29, 0.717) is 0 Å². The van der Waals surface area contributed by atoms with Crippen molar-refractivity contribution in [1.82, 2.24) is 10.3 Å². The first-order chi connectivity index (χ1) is 9.61. The lowest BCUT2D eigenvalue weighted by atomic mass is 10.1. The summed E-state index contributed by atoms with van der Waals surface area (Å²) in [6.07, 6.45) is 3.60. The van der Waals surface area contributed by atoms with Gasteiger partial charge in [-0.3, -0.25) is 4.98 Å². The fourth-order valence-electron chi connectivity index (χ4n) is 2.00. The van der Waals surface area contributed by atoms with Gasteiger partial charge < -0.3 is 10.1 Å². The average molecular weight is 335 g/mol. The third-order valence-electron chi connectivity index (χ3n) is 3.06. The number of rotatable bonds is 5. The van der Waals surface area contributed by atoms with E-state index in [1.807, 2.05) is 24.4 Å². The number of hydrogen-bond acceptors (Lipinski definition) is 3. The Bertz CT molecular complexity index is 576. The summed E-state index contributed by atoms with van der Waals surface area (Å²) in [6.45, 7) is 7.89. The highest BCUT2D eigenvalue weighted by Crippen LogP contribution is 2.30. The first kappa shape index (κ1) is 15.0. The number of nitrogens with zero attached hydrogens (tertiary/aromatic N) is 1. The lowest BCUT2D eigenvalue weighted by Gasteiger charge is -2.13. The average Bonchev–Trinajstić information content (AvgIpc) is 2.44. The lowest BCUT2D eigenvalue weighted by molar-refractivity contribution is 0.471. The molecule has 20 heavy (non-hydrogen) atoms. The standard InChI is InChI=1S/C16H19BrN2O/c1-4-18-9-13-10-19-6-5-15(13)20-14-7-11(2)16(17)12(3)8-14/h5-8,10,18H,4,9H2,1-3H3. The molecule has 2 aromatic rings. The molecule has 3 nitrogen and oxygen atoms in total. The number of pyridine rings is 1. The van der Waals surface area contributed by atoms with Crippen molar-refractivity contribution in [1.29, 1.82) is 0 Å². The van der Waals surface area contributed by atoms with Crippen molar-refractivity contribution in [2.75, 3.05) is 6.54 Å². The van der Waals surface area contributed by atoms with Crippen LogP contribution in [0.5, 0.6) is 11.5 Å². The number of halogens is 1. The van der Waals surface area contributed by atoms with E-state index in [-0.39, 0.29) is 0 Å². The van der Waals surface area contributed by atoms with E-state index in [9.17, 15) is 0 Å². The summed E-state index contributed by atoms with van der Waals surface area (Å²) in [6, 6.07) is 5.97. The van der Waals surface area contributed by atoms with Crippen molar-refractivity contribution in [3.8, 4) is 11.5 Å². The highest BCUT2D eigenvalue weighted by atomic mass is 79.9. The zero-order valence-corrected chi connectivity index (χ0v) is 13.6. The molecule has 0 saturated carbocycles. The number of aryl methyl sites for hydroxylation is 2. The lowest BCUT2D eigenvalue weighted by Crippen LogP contribution is -2.12. The largest absolute Gasteiger partial charge is 0.457 e. The highest BCUT2D eigenvalue weighted by molar-refractivity contribution is 9.10. The Kier molecular flexibility index (Phi) is 5.15. The molecule has 0 aliphatic carbocycles. The molecule has 0 aliphatic heterocycles. The molecule has 0 radical (unpaired) electrons. The molecule has 0 aliphatic rings. The van der Waals surface area contributed by atoms with Gasteiger partial charge in [-0.1, -0.05) is 22.9 Å². The zero-order chi connectivity index (χ0) is 14.5. The second-order valence-corrected chi connectivity index (χ2v) is 5.53. The van der Waals surface area contributed by atoms with Gasteiger partial charge in [0.15, 0.2) is 0 Å². The van der Waals surface area contributed by atoms with Crippen LogP contribution in [-0.4, -0.2) is 11.5 Å². The monoisotopic (exact) mass is 334 g/mol. The van der Waals surface area contributed by atoms with Crippen LogP contribution in [0.15, 0.2) is 35.1 Å². The van der Waals surface area contributed by atoms with Gasteiger partial charge in [0, 0.05) is 29.0 Å². The Morgan fingerprint density at radius 1 is 1.25 bits per heavy atom. The second kappa shape index (κ2) is 6.86. The predicted molar refractivity (Wildman–Crippen MR) is 85.3 cm³/mol. The number of benzene rings is 1. The Balaban J connectivity index is 2.26. The Morgan fingerprint density at radius 3 is 2.60 bits per heavy atom. The van der Waals surface area contributed by atoms with Crippen molar-refractivity contribution >= 4 is 15.9 Å². The van der Waals surface area contributed by atoms with E-state index < -0.39 is 0 Å². The molecule has 0 unspecified atom stereocenters. The first-order valence-corrected chi connectivity index (χ1v) is 7.49. The fraction of sp³-hybridized carbons (Fsp3) is 0.312. The molecular weight excluding hydrogens is 316 g/mol. The number of hydrogen-bond donors (Lipinski definition) is 1. The predicted octanol–water partition coefficient (Wildman–Crippen LogP) is 4.36. The first-order valence-electron chi connectivity index (χ1n) is 6.70. The minimum absolute atomic E-state index is 0.758. The molecule has 0 spiro atoms. The van der Waals surface area contributed by atoms with Gasteiger partial charge in [-0.25, -0.2) is 0 Å². The van der Waals surface area contributed by atoms with E-state index in [0.717, 1.165) is 34.6 Å². The fourth-order valence-corrected chi connectivity index (χ4v) is 2.23. The van der Waals surface area contributed by atoms with Crippen LogP contribution in [0.1, 0.15) is 23.6 Å². The van der Waals surface area contributed by atoms with Crippen LogP contribution in [0.3, 0.4) is 0 Å². The number of ether oxygens (including phenoxy) is 1. The summed E-state index contributed by atoms with van der Waals surface area (Å²) in [7, 11) is 0. The molecular formula is C16H19BrN2O. The van der Waals surface area contributed by atoms with Crippen LogP contribution >= 0.6 is 15.9 Å². The molecule has 106 valence electrons. The third-order valence-corrected chi connectivity index (χ3v) is 4.31. The molecule has 0 amide bonds. The van der Waals surface area contributed by atoms with Crippen LogP contribution in [0.4, 0.5) is 0 Å². The third kappa shape index (κ3) is 3.58. The molecule has 4 heteroatoms. The minimum atomic E-state index is 0.758. The maximum atomic E-state index is 6.02. The normalized spacial score (nSPS) is 10.6. The quantitative estimate of drug-likeness (QED) is 0.881. The minimum Gasteiger partial charge on any atom is -0.457 e. The van der Waals surface area contributed by atoms with Crippen molar-refractivity contribution < 1.29 is 4.74 Å². The summed E-state index contributed by atoms with van der Waals surface area (Å²) in [5.41, 5.74) is 3.40. The summed E-state index contributed by atoms with van der Waals surface area (Å²) in [5, 5.41) is 3.30. The van der Waals surface area contributed by atoms with E-state index in [2.05, 4.69) is 47.0 Å². The Morgan fingerprint density at radius 2 is 1.95 bits per heavy atom. The summed E-state index contributed by atoms with van der Waals surface area (Å²) in [5.74, 6) is 1.70. The maximum Gasteiger partial charge on any atom is 0.134 e. The van der Waals surface area contributed by atoms with Crippen LogP contribution in [0.25, 0.3) is 0 Å². The smallest absolute Gasteiger partial charge is 0.134 e. The van der Waals surface area contributed by atoms with E-state index in [1.165, 1.54) is 11.1 Å². The summed E-state index contributed by atoms with van der Waals surface area (Å²) < 4.78 is 7.15. The molecule has 0 atom stereocenters. The van der Waals surface area contributed by atoms with Crippen LogP contribution in [0.2, 0.25) is 0 Å². The van der Waals surface area contributed by atoms with Gasteiger partial charge in [-0.2, -0.15) is 0 Å². The molecule has 2 rings (SSSR count). The van der Waals surface area contributed by atoms with Gasteiger partial charge in [0.25, 0.3) is 0 Å². The van der Waals surface area contributed by atoms with Gasteiger partial charge in [-0.15, -0.1) is 0 Å². The van der Waals surface area contributed by atoms with Gasteiger partial charge in [0.05, 0.1) is 0 Å². The molecule has 0 saturated heterocycles. The second-order valence-electron chi connectivity index (χ2n) is 4.74. The topological polar surface area (TPSA) is 34.2 Å². The Labute approximate surface area is 128 Å². The van der Waals surface area contributed by atoms with Gasteiger partial charge in [-0.05, 0) is 49.7 Å². The van der Waals surface area contributed by atoms with Crippen molar-refractivity contribution in [3.05, 3.63) is 51.8 Å². The highest BCUT2D eigenvalue weighted by Gasteiger charge is 2.07. The SMILES string of the molecule is CCNCc1cnccc1Oc1cc(C)c(Br)c(C)c1. The molecule has 1 aromatic heterocycles. The van der Waals surface area contributed by atoms with Gasteiger partial charge in [0.1, 0.15) is 11.5 Å². The van der Waals surface area contributed by atoms with E-state index in [1.54, 1.807) is 6.20 Å². The molecule has 0 bridgehead atoms. The molecule has 0 fully saturated rings. The zero-order valence-electron chi connectivity index (χ0n) is 12.0. The van der Waals surface area contributed by atoms with Crippen LogP contribution < -0.4 is 10.1 Å². The van der Waals surface area contributed by atoms with Gasteiger partial charge >= 0.3 is 0 Å².